The Kier molecular flexibility index (Phi) is 17.6. The smallest absolute Gasteiger partial charge is 0.191 e. The summed E-state index contributed by atoms with van der Waals surface area (Å²) in [7, 11) is 0. The molecule has 144 valence electrons. The molecule has 1 aliphatic rings. The molecule has 1 rings (SSSR count). The molecule has 0 aliphatic carbocycles. The average molecular weight is 457 g/mol. The van der Waals surface area contributed by atoms with Crippen molar-refractivity contribution in [3.63, 3.8) is 0 Å². The third-order valence-electron chi connectivity index (χ3n) is 3.60. The quantitative estimate of drug-likeness (QED) is 0.193. The normalized spacial score (nSPS) is 17.6. The molecule has 0 spiro atoms. The summed E-state index contributed by atoms with van der Waals surface area (Å²) in [6.45, 7) is 10.7. The summed E-state index contributed by atoms with van der Waals surface area (Å²) < 4.78 is 16.5. The topological polar surface area (TPSA) is 64.1 Å². The minimum Gasteiger partial charge on any atom is -0.382 e. The summed E-state index contributed by atoms with van der Waals surface area (Å²) in [6.07, 6.45) is 5.73. The summed E-state index contributed by atoms with van der Waals surface area (Å²) in [5.41, 5.74) is 0. The fourth-order valence-electron chi connectivity index (χ4n) is 2.37. The first-order chi connectivity index (χ1) is 11.4. The van der Waals surface area contributed by atoms with E-state index in [-0.39, 0.29) is 24.0 Å². The molecule has 0 saturated carbocycles. The maximum atomic E-state index is 5.65. The Morgan fingerprint density at radius 3 is 2.67 bits per heavy atom. The van der Waals surface area contributed by atoms with E-state index in [1.165, 1.54) is 6.42 Å². The summed E-state index contributed by atoms with van der Waals surface area (Å²) in [5, 5.41) is 6.62. The Morgan fingerprint density at radius 1 is 1.12 bits per heavy atom. The highest BCUT2D eigenvalue weighted by molar-refractivity contribution is 14.0. The van der Waals surface area contributed by atoms with Crippen LogP contribution in [0.25, 0.3) is 0 Å². The number of nitrogens with zero attached hydrogens (tertiary/aromatic N) is 1. The van der Waals surface area contributed by atoms with Crippen LogP contribution < -0.4 is 10.6 Å². The molecule has 0 aromatic heterocycles. The van der Waals surface area contributed by atoms with Crippen LogP contribution in [0, 0.1) is 0 Å². The summed E-state index contributed by atoms with van der Waals surface area (Å²) in [5.74, 6) is 0.892. The first-order valence-corrected chi connectivity index (χ1v) is 9.16. The third kappa shape index (κ3) is 13.2. The molecule has 0 aromatic carbocycles. The van der Waals surface area contributed by atoms with Crippen LogP contribution in [0.15, 0.2) is 4.99 Å². The van der Waals surface area contributed by atoms with Crippen LogP contribution in [0.5, 0.6) is 0 Å². The van der Waals surface area contributed by atoms with Gasteiger partial charge in [-0.05, 0) is 46.0 Å². The Bertz CT molecular complexity index is 301. The van der Waals surface area contributed by atoms with E-state index < -0.39 is 0 Å². The van der Waals surface area contributed by atoms with Gasteiger partial charge >= 0.3 is 0 Å². The first-order valence-electron chi connectivity index (χ1n) is 9.16. The zero-order valence-corrected chi connectivity index (χ0v) is 17.7. The number of unbranched alkanes of at least 4 members (excludes halogenated alkanes) is 1. The van der Waals surface area contributed by atoms with E-state index in [1.807, 2.05) is 6.92 Å². The van der Waals surface area contributed by atoms with Gasteiger partial charge in [0.25, 0.3) is 0 Å². The van der Waals surface area contributed by atoms with Crippen molar-refractivity contribution in [2.45, 2.75) is 52.1 Å². The van der Waals surface area contributed by atoms with Gasteiger partial charge in [0.1, 0.15) is 0 Å². The third-order valence-corrected chi connectivity index (χ3v) is 3.60. The monoisotopic (exact) mass is 457 g/mol. The number of hydrogen-bond acceptors (Lipinski definition) is 4. The predicted molar refractivity (Wildman–Crippen MR) is 110 cm³/mol. The Balaban J connectivity index is 0.00000529. The van der Waals surface area contributed by atoms with Gasteiger partial charge in [-0.1, -0.05) is 0 Å². The van der Waals surface area contributed by atoms with E-state index in [2.05, 4.69) is 22.5 Å². The number of hydrogen-bond donors (Lipinski definition) is 2. The molecule has 0 amide bonds. The van der Waals surface area contributed by atoms with E-state index in [1.54, 1.807) is 0 Å². The lowest BCUT2D eigenvalue weighted by atomic mass is 10.2. The highest BCUT2D eigenvalue weighted by Crippen LogP contribution is 2.11. The van der Waals surface area contributed by atoms with Crippen LogP contribution in [0.3, 0.4) is 0 Å². The van der Waals surface area contributed by atoms with Gasteiger partial charge in [-0.15, -0.1) is 24.0 Å². The van der Waals surface area contributed by atoms with E-state index in [0.29, 0.717) is 6.10 Å². The summed E-state index contributed by atoms with van der Waals surface area (Å²) in [4.78, 5) is 4.57. The molecule has 1 saturated heterocycles. The molecule has 0 radical (unpaired) electrons. The second-order valence-electron chi connectivity index (χ2n) is 5.65. The van der Waals surface area contributed by atoms with Gasteiger partial charge in [0.15, 0.2) is 5.96 Å². The van der Waals surface area contributed by atoms with Crippen LogP contribution in [-0.2, 0) is 14.2 Å². The molecule has 2 N–H and O–H groups in total. The lowest BCUT2D eigenvalue weighted by molar-refractivity contribution is 0.0171. The molecular formula is C17H36IN3O3. The van der Waals surface area contributed by atoms with Crippen LogP contribution in [0.2, 0.25) is 0 Å². The molecule has 1 unspecified atom stereocenters. The van der Waals surface area contributed by atoms with Gasteiger partial charge in [-0.25, -0.2) is 0 Å². The molecule has 1 aliphatic heterocycles. The molecular weight excluding hydrogens is 421 g/mol. The van der Waals surface area contributed by atoms with Gasteiger partial charge < -0.3 is 24.8 Å². The number of nitrogens with one attached hydrogen (secondary N) is 2. The minimum atomic E-state index is 0. The van der Waals surface area contributed by atoms with Crippen LogP contribution in [-0.4, -0.2) is 64.7 Å². The van der Waals surface area contributed by atoms with Crippen LogP contribution in [0.4, 0.5) is 0 Å². The zero-order chi connectivity index (χ0) is 16.6. The van der Waals surface area contributed by atoms with Gasteiger partial charge in [0.2, 0.25) is 0 Å². The van der Waals surface area contributed by atoms with Crippen molar-refractivity contribution in [3.05, 3.63) is 0 Å². The lowest BCUT2D eigenvalue weighted by Crippen LogP contribution is -2.38. The molecule has 24 heavy (non-hydrogen) atoms. The average Bonchev–Trinajstić information content (AvgIpc) is 3.07. The standard InChI is InChI=1S/C17H35N3O3.HI/c1-3-18-17(19-10-5-6-12-21-4-2)20-11-8-13-22-15-16-9-7-14-23-16;/h16H,3-15H2,1-2H3,(H2,18,19,20);1H. The largest absolute Gasteiger partial charge is 0.382 e. The van der Waals surface area contributed by atoms with E-state index in [4.69, 9.17) is 14.2 Å². The van der Waals surface area contributed by atoms with Crippen molar-refractivity contribution in [2.24, 2.45) is 4.99 Å². The maximum Gasteiger partial charge on any atom is 0.191 e. The van der Waals surface area contributed by atoms with Crippen molar-refractivity contribution < 1.29 is 14.2 Å². The fourth-order valence-corrected chi connectivity index (χ4v) is 2.37. The summed E-state index contributed by atoms with van der Waals surface area (Å²) >= 11 is 0. The first kappa shape index (κ1) is 23.9. The number of ether oxygens (including phenoxy) is 3. The van der Waals surface area contributed by atoms with Crippen molar-refractivity contribution in [1.82, 2.24) is 10.6 Å². The van der Waals surface area contributed by atoms with Crippen molar-refractivity contribution >= 4 is 29.9 Å². The van der Waals surface area contributed by atoms with Crippen molar-refractivity contribution in [3.8, 4) is 0 Å². The molecule has 1 heterocycles. The number of halogens is 1. The molecule has 7 heteroatoms. The van der Waals surface area contributed by atoms with E-state index in [0.717, 1.165) is 84.3 Å². The lowest BCUT2D eigenvalue weighted by Gasteiger charge is -2.12. The predicted octanol–water partition coefficient (Wildman–Crippen LogP) is 2.56. The van der Waals surface area contributed by atoms with Crippen molar-refractivity contribution in [2.75, 3.05) is 52.7 Å². The van der Waals surface area contributed by atoms with Crippen LogP contribution in [0.1, 0.15) is 46.0 Å². The summed E-state index contributed by atoms with van der Waals surface area (Å²) in [6, 6.07) is 0. The van der Waals surface area contributed by atoms with Gasteiger partial charge in [0, 0.05) is 46.1 Å². The van der Waals surface area contributed by atoms with E-state index >= 15 is 0 Å². The number of aliphatic imine (C=N–C) groups is 1. The fraction of sp³-hybridized carbons (Fsp3) is 0.941. The van der Waals surface area contributed by atoms with E-state index in [9.17, 15) is 0 Å². The zero-order valence-electron chi connectivity index (χ0n) is 15.3. The number of guanidine groups is 1. The number of rotatable bonds is 13. The Labute approximate surface area is 164 Å². The van der Waals surface area contributed by atoms with Gasteiger partial charge in [-0.2, -0.15) is 0 Å². The second kappa shape index (κ2) is 17.7. The van der Waals surface area contributed by atoms with Gasteiger partial charge in [-0.3, -0.25) is 4.99 Å². The van der Waals surface area contributed by atoms with Crippen molar-refractivity contribution in [1.29, 1.82) is 0 Å². The molecule has 1 fully saturated rings. The molecule has 1 atom stereocenters. The van der Waals surface area contributed by atoms with Gasteiger partial charge in [0.05, 0.1) is 12.7 Å². The molecule has 6 nitrogen and oxygen atoms in total. The molecule has 0 aromatic rings. The maximum absolute atomic E-state index is 5.65. The highest BCUT2D eigenvalue weighted by Gasteiger charge is 2.14. The second-order valence-corrected chi connectivity index (χ2v) is 5.65. The molecule has 0 bridgehead atoms. The Morgan fingerprint density at radius 2 is 1.96 bits per heavy atom. The minimum absolute atomic E-state index is 0. The Hall–Kier alpha value is -0.120. The SMILES string of the molecule is CCNC(=NCCCOCC1CCCO1)NCCCCOCC.I. The van der Waals surface area contributed by atoms with Crippen LogP contribution >= 0.6 is 24.0 Å². The highest BCUT2D eigenvalue weighted by atomic mass is 127.